The summed E-state index contributed by atoms with van der Waals surface area (Å²) in [7, 11) is 0. The zero-order valence-electron chi connectivity index (χ0n) is 9.13. The number of aromatic nitrogens is 1. The van der Waals surface area contributed by atoms with Crippen molar-refractivity contribution >= 4 is 17.2 Å². The van der Waals surface area contributed by atoms with Gasteiger partial charge in [-0.2, -0.15) is 0 Å². The van der Waals surface area contributed by atoms with Gasteiger partial charge in [-0.15, -0.1) is 11.3 Å². The molecule has 1 aromatic heterocycles. The molecule has 0 aromatic carbocycles. The lowest BCUT2D eigenvalue weighted by atomic mass is 10.3. The Kier molecular flexibility index (Phi) is 3.69. The average molecular weight is 237 g/mol. The van der Waals surface area contributed by atoms with E-state index < -0.39 is 0 Å². The Hall–Kier alpha value is -1.20. The monoisotopic (exact) mass is 237 g/mol. The largest absolute Gasteiger partial charge is 0.337 e. The Balaban J connectivity index is 1.81. The number of hydrogen-bond acceptors (Lipinski definition) is 4. The maximum absolute atomic E-state index is 11.4. The van der Waals surface area contributed by atoms with Gasteiger partial charge >= 0.3 is 0 Å². The fraction of sp³-hybridized carbons (Fsp3) is 0.455. The van der Waals surface area contributed by atoms with Crippen molar-refractivity contribution in [3.8, 4) is 0 Å². The van der Waals surface area contributed by atoms with Crippen LogP contribution in [-0.4, -0.2) is 46.9 Å². The quantitative estimate of drug-likeness (QED) is 0.735. The van der Waals surface area contributed by atoms with Crippen molar-refractivity contribution in [1.29, 1.82) is 0 Å². The highest BCUT2D eigenvalue weighted by molar-refractivity contribution is 7.07. The normalized spacial score (nSPS) is 17.4. The van der Waals surface area contributed by atoms with Crippen LogP contribution in [0, 0.1) is 0 Å². The Labute approximate surface area is 99.2 Å². The fourth-order valence-electron chi connectivity index (χ4n) is 1.80. The van der Waals surface area contributed by atoms with Crippen molar-refractivity contribution in [2.75, 3.05) is 26.2 Å². The average Bonchev–Trinajstić information content (AvgIpc) is 2.82. The van der Waals surface area contributed by atoms with Crippen molar-refractivity contribution in [3.05, 3.63) is 29.2 Å². The van der Waals surface area contributed by atoms with E-state index in [0.717, 1.165) is 38.4 Å². The molecular formula is C11H15N3OS. The van der Waals surface area contributed by atoms with Crippen molar-refractivity contribution in [2.24, 2.45) is 0 Å². The van der Waals surface area contributed by atoms with Crippen LogP contribution in [0.25, 0.3) is 0 Å². The maximum Gasteiger partial charge on any atom is 0.246 e. The van der Waals surface area contributed by atoms with Gasteiger partial charge in [0, 0.05) is 38.1 Å². The number of piperazine rings is 1. The number of rotatable bonds is 3. The van der Waals surface area contributed by atoms with Crippen LogP contribution in [0.1, 0.15) is 5.69 Å². The molecule has 5 heteroatoms. The van der Waals surface area contributed by atoms with Crippen molar-refractivity contribution in [3.63, 3.8) is 0 Å². The van der Waals surface area contributed by atoms with Gasteiger partial charge in [0.15, 0.2) is 0 Å². The summed E-state index contributed by atoms with van der Waals surface area (Å²) in [5.74, 6) is 0.0355. The van der Waals surface area contributed by atoms with E-state index in [1.165, 1.54) is 6.08 Å². The van der Waals surface area contributed by atoms with Gasteiger partial charge in [-0.1, -0.05) is 6.58 Å². The molecule has 0 radical (unpaired) electrons. The second-order valence-corrected chi connectivity index (χ2v) is 4.50. The molecule has 0 unspecified atom stereocenters. The highest BCUT2D eigenvalue weighted by atomic mass is 32.1. The molecule has 4 nitrogen and oxygen atoms in total. The summed E-state index contributed by atoms with van der Waals surface area (Å²) >= 11 is 1.62. The van der Waals surface area contributed by atoms with E-state index in [-0.39, 0.29) is 5.91 Å². The minimum absolute atomic E-state index is 0.0355. The zero-order valence-corrected chi connectivity index (χ0v) is 9.95. The molecule has 0 aliphatic carbocycles. The summed E-state index contributed by atoms with van der Waals surface area (Å²) in [6.45, 7) is 7.79. The van der Waals surface area contributed by atoms with Crippen LogP contribution in [0.3, 0.4) is 0 Å². The van der Waals surface area contributed by atoms with E-state index in [9.17, 15) is 4.79 Å². The molecule has 1 aromatic rings. The number of nitrogens with zero attached hydrogens (tertiary/aromatic N) is 3. The van der Waals surface area contributed by atoms with Gasteiger partial charge in [0.1, 0.15) is 0 Å². The molecule has 86 valence electrons. The molecule has 1 saturated heterocycles. The van der Waals surface area contributed by atoms with Gasteiger partial charge in [-0.25, -0.2) is 4.98 Å². The first-order chi connectivity index (χ1) is 7.79. The molecule has 0 spiro atoms. The third-order valence-electron chi connectivity index (χ3n) is 2.73. The summed E-state index contributed by atoms with van der Waals surface area (Å²) in [4.78, 5) is 19.8. The van der Waals surface area contributed by atoms with E-state index in [1.807, 2.05) is 10.4 Å². The third kappa shape index (κ3) is 2.68. The van der Waals surface area contributed by atoms with Gasteiger partial charge < -0.3 is 4.90 Å². The smallest absolute Gasteiger partial charge is 0.246 e. The second-order valence-electron chi connectivity index (χ2n) is 3.79. The highest BCUT2D eigenvalue weighted by Gasteiger charge is 2.19. The summed E-state index contributed by atoms with van der Waals surface area (Å²) in [5.41, 5.74) is 2.97. The minimum atomic E-state index is 0.0355. The molecule has 16 heavy (non-hydrogen) atoms. The molecule has 2 heterocycles. The summed E-state index contributed by atoms with van der Waals surface area (Å²) in [5, 5.41) is 2.07. The summed E-state index contributed by atoms with van der Waals surface area (Å²) in [6.07, 6.45) is 1.39. The third-order valence-corrected chi connectivity index (χ3v) is 3.36. The van der Waals surface area contributed by atoms with Crippen LogP contribution >= 0.6 is 11.3 Å². The first-order valence-electron chi connectivity index (χ1n) is 5.30. The van der Waals surface area contributed by atoms with Gasteiger partial charge in [0.25, 0.3) is 0 Å². The molecule has 1 aliphatic heterocycles. The first-order valence-corrected chi connectivity index (χ1v) is 6.24. The maximum atomic E-state index is 11.4. The number of thiazole rings is 1. The van der Waals surface area contributed by atoms with Crippen molar-refractivity contribution in [1.82, 2.24) is 14.8 Å². The van der Waals surface area contributed by atoms with E-state index in [1.54, 1.807) is 11.3 Å². The second kappa shape index (κ2) is 5.23. The highest BCUT2D eigenvalue weighted by Crippen LogP contribution is 2.09. The standard InChI is InChI=1S/C11H15N3OS/c1-2-11(15)14-5-3-13(4-6-14)7-10-8-16-9-12-10/h2,8-9H,1,3-7H2. The summed E-state index contributed by atoms with van der Waals surface area (Å²) in [6, 6.07) is 0. The number of carbonyl (C=O) groups excluding carboxylic acids is 1. The molecule has 1 aliphatic rings. The van der Waals surface area contributed by atoms with E-state index in [2.05, 4.69) is 21.8 Å². The lowest BCUT2D eigenvalue weighted by Gasteiger charge is -2.33. The fourth-order valence-corrected chi connectivity index (χ4v) is 2.35. The lowest BCUT2D eigenvalue weighted by molar-refractivity contribution is -0.127. The van der Waals surface area contributed by atoms with E-state index in [0.29, 0.717) is 0 Å². The molecule has 0 saturated carbocycles. The number of hydrogen-bond donors (Lipinski definition) is 0. The van der Waals surface area contributed by atoms with Crippen LogP contribution < -0.4 is 0 Å². The molecule has 1 fully saturated rings. The molecule has 1 amide bonds. The molecule has 2 rings (SSSR count). The van der Waals surface area contributed by atoms with Gasteiger partial charge in [-0.3, -0.25) is 9.69 Å². The van der Waals surface area contributed by atoms with Gasteiger partial charge in [0.05, 0.1) is 11.2 Å². The predicted molar refractivity (Wildman–Crippen MR) is 64.2 cm³/mol. The molecule has 0 atom stereocenters. The summed E-state index contributed by atoms with van der Waals surface area (Å²) < 4.78 is 0. The Morgan fingerprint density at radius 3 is 2.81 bits per heavy atom. The van der Waals surface area contributed by atoms with Crippen molar-refractivity contribution in [2.45, 2.75) is 6.54 Å². The minimum Gasteiger partial charge on any atom is -0.337 e. The van der Waals surface area contributed by atoms with Gasteiger partial charge in [-0.05, 0) is 6.08 Å². The lowest BCUT2D eigenvalue weighted by Crippen LogP contribution is -2.47. The Bertz CT molecular complexity index is 355. The van der Waals surface area contributed by atoms with Crippen molar-refractivity contribution < 1.29 is 4.79 Å². The Morgan fingerprint density at radius 1 is 1.50 bits per heavy atom. The zero-order chi connectivity index (χ0) is 11.4. The number of carbonyl (C=O) groups is 1. The first kappa shape index (κ1) is 11.3. The Morgan fingerprint density at radius 2 is 2.25 bits per heavy atom. The molecule has 0 N–H and O–H groups in total. The van der Waals surface area contributed by atoms with Gasteiger partial charge in [0.2, 0.25) is 5.91 Å². The predicted octanol–water partition coefficient (Wildman–Crippen LogP) is 0.973. The number of amides is 1. The van der Waals surface area contributed by atoms with E-state index >= 15 is 0 Å². The van der Waals surface area contributed by atoms with Crippen LogP contribution in [0.15, 0.2) is 23.5 Å². The van der Waals surface area contributed by atoms with E-state index in [4.69, 9.17) is 0 Å². The SMILES string of the molecule is C=CC(=O)N1CCN(Cc2cscn2)CC1. The van der Waals surface area contributed by atoms with Crippen LogP contribution in [0.4, 0.5) is 0 Å². The molecular weight excluding hydrogens is 222 g/mol. The van der Waals surface area contributed by atoms with Crippen LogP contribution in [0.2, 0.25) is 0 Å². The van der Waals surface area contributed by atoms with Crippen LogP contribution in [0.5, 0.6) is 0 Å². The molecule has 0 bridgehead atoms. The topological polar surface area (TPSA) is 36.4 Å². The van der Waals surface area contributed by atoms with Crippen LogP contribution in [-0.2, 0) is 11.3 Å².